The first-order valence-corrected chi connectivity index (χ1v) is 20.6. The summed E-state index contributed by atoms with van der Waals surface area (Å²) in [7, 11) is -4.14. The number of rotatable bonds is 3. The average Bonchev–Trinajstić information content (AvgIpc) is 2.45. The Labute approximate surface area is 206 Å². The lowest BCUT2D eigenvalue weighted by Gasteiger charge is -2.37. The Morgan fingerprint density at radius 1 is 0.645 bits per heavy atom. The van der Waals surface area contributed by atoms with Gasteiger partial charge in [0.2, 0.25) is 0 Å². The third-order valence-corrected chi connectivity index (χ3v) is 21.1. The minimum Gasteiger partial charge on any atom is -0.0698 e. The van der Waals surface area contributed by atoms with Crippen molar-refractivity contribution in [2.45, 2.75) is 118 Å². The lowest BCUT2D eigenvalue weighted by molar-refractivity contribution is 0.554. The van der Waals surface area contributed by atoms with Crippen molar-refractivity contribution < 1.29 is 0 Å². The molecule has 1 unspecified atom stereocenters. The first-order chi connectivity index (χ1) is 13.4. The highest BCUT2D eigenvalue weighted by Gasteiger charge is 2.36. The topological polar surface area (TPSA) is 0 Å². The van der Waals surface area contributed by atoms with Crippen LogP contribution in [0.25, 0.3) is 0 Å². The molecular formula is C26H47Cl2PSi2. The number of hydrogen-bond donors (Lipinski definition) is 0. The second-order valence-corrected chi connectivity index (χ2v) is 28.9. The van der Waals surface area contributed by atoms with Crippen LogP contribution in [0, 0.1) is 0 Å². The fourth-order valence-electron chi connectivity index (χ4n) is 4.53. The van der Waals surface area contributed by atoms with Crippen molar-refractivity contribution in [3.8, 4) is 0 Å². The third kappa shape index (κ3) is 7.13. The van der Waals surface area contributed by atoms with Gasteiger partial charge in [-0.25, -0.2) is 0 Å². The van der Waals surface area contributed by atoms with E-state index in [0.717, 1.165) is 0 Å². The van der Waals surface area contributed by atoms with Crippen molar-refractivity contribution in [1.82, 2.24) is 0 Å². The van der Waals surface area contributed by atoms with Crippen molar-refractivity contribution in [3.05, 3.63) is 28.8 Å². The summed E-state index contributed by atoms with van der Waals surface area (Å²) in [4.78, 5) is 0. The highest BCUT2D eigenvalue weighted by molar-refractivity contribution is 7.83. The van der Waals surface area contributed by atoms with E-state index in [2.05, 4.69) is 114 Å². The largest absolute Gasteiger partial charge is 0.128 e. The molecule has 0 aliphatic carbocycles. The summed E-state index contributed by atoms with van der Waals surface area (Å²) < 4.78 is 2.30. The fourth-order valence-corrected chi connectivity index (χ4v) is 23.9. The summed E-state index contributed by atoms with van der Waals surface area (Å²) in [5.74, 6) is 0. The number of benzene rings is 1. The van der Waals surface area contributed by atoms with Crippen LogP contribution in [0.15, 0.2) is 12.1 Å². The molecule has 1 rings (SSSR count). The van der Waals surface area contributed by atoms with Gasteiger partial charge in [-0.05, 0) is 32.9 Å². The number of hydrogen-bond acceptors (Lipinski definition) is 0. The van der Waals surface area contributed by atoms with Gasteiger partial charge >= 0.3 is 0 Å². The van der Waals surface area contributed by atoms with E-state index >= 15 is 0 Å². The molecule has 1 aromatic carbocycles. The van der Waals surface area contributed by atoms with Crippen LogP contribution in [0.3, 0.4) is 0 Å². The lowest BCUT2D eigenvalue weighted by Crippen LogP contribution is -2.50. The Kier molecular flexibility index (Phi) is 8.64. The van der Waals surface area contributed by atoms with Crippen LogP contribution in [0.5, 0.6) is 0 Å². The van der Waals surface area contributed by atoms with E-state index in [1.807, 2.05) is 0 Å². The van der Waals surface area contributed by atoms with E-state index in [0.29, 0.717) is 4.21 Å². The van der Waals surface area contributed by atoms with Gasteiger partial charge in [-0.15, -0.1) is 0 Å². The lowest BCUT2D eigenvalue weighted by atomic mass is 9.75. The minimum absolute atomic E-state index is 0.00436. The predicted molar refractivity (Wildman–Crippen MR) is 158 cm³/mol. The first-order valence-electron chi connectivity index (χ1n) is 11.5. The van der Waals surface area contributed by atoms with Crippen molar-refractivity contribution in [1.29, 1.82) is 0 Å². The molecule has 0 aliphatic heterocycles. The molecule has 0 heterocycles. The van der Waals surface area contributed by atoms with Crippen LogP contribution in [0.4, 0.5) is 0 Å². The van der Waals surface area contributed by atoms with Crippen molar-refractivity contribution >= 4 is 60.6 Å². The van der Waals surface area contributed by atoms with Gasteiger partial charge < -0.3 is 0 Å². The molecule has 178 valence electrons. The van der Waals surface area contributed by atoms with Gasteiger partial charge in [0.25, 0.3) is 0 Å². The maximum atomic E-state index is 6.89. The Morgan fingerprint density at radius 3 is 1.16 bits per heavy atom. The third-order valence-electron chi connectivity index (χ3n) is 5.63. The molecule has 0 saturated carbocycles. The Hall–Kier alpha value is 0.274. The molecule has 0 saturated heterocycles. The van der Waals surface area contributed by atoms with Crippen LogP contribution >= 0.6 is 30.4 Å². The molecule has 0 aromatic heterocycles. The summed E-state index contributed by atoms with van der Waals surface area (Å²) in [5, 5.41) is 1.43. The van der Waals surface area contributed by atoms with Gasteiger partial charge in [0, 0.05) is 5.30 Å². The fraction of sp³-hybridized carbons (Fsp3) is 0.692. The number of halogens is 2. The Balaban J connectivity index is 4.61. The van der Waals surface area contributed by atoms with Gasteiger partial charge in [0.15, 0.2) is 0 Å². The van der Waals surface area contributed by atoms with Crippen molar-refractivity contribution in [3.63, 3.8) is 0 Å². The van der Waals surface area contributed by atoms with Gasteiger partial charge in [-0.1, -0.05) is 149 Å². The smallest absolute Gasteiger partial charge is 0.0698 e. The highest BCUT2D eigenvalue weighted by atomic mass is 35.5. The molecule has 0 nitrogen and oxygen atoms in total. The molecule has 1 aromatic rings. The molecule has 0 spiro atoms. The molecule has 0 aliphatic rings. The minimum atomic E-state index is -1.63. The van der Waals surface area contributed by atoms with Crippen LogP contribution in [0.2, 0.25) is 39.3 Å². The zero-order valence-corrected chi connectivity index (χ0v) is 27.3. The van der Waals surface area contributed by atoms with Crippen molar-refractivity contribution in [2.75, 3.05) is 0 Å². The summed E-state index contributed by atoms with van der Waals surface area (Å²) in [6.45, 7) is 35.8. The predicted octanol–water partition coefficient (Wildman–Crippen LogP) is 9.18. The standard InChI is InChI=1S/C26H47Cl2PSi2/c1-24(2,3)18-16-19(25(4,5)6)21(20(17-18)26(7,8)9)29(22(27)28)23(30(10,11)12)31(13,14)15/h16-17H,1-15H3. The summed E-state index contributed by atoms with van der Waals surface area (Å²) in [5.41, 5.74) is 4.33. The first kappa shape index (κ1) is 29.3. The molecule has 0 amide bonds. The highest BCUT2D eigenvalue weighted by Crippen LogP contribution is 2.40. The summed E-state index contributed by atoms with van der Waals surface area (Å²) in [6.07, 6.45) is 0. The van der Waals surface area contributed by atoms with Crippen LogP contribution in [-0.2, 0) is 16.2 Å². The summed E-state index contributed by atoms with van der Waals surface area (Å²) in [6, 6.07) is 4.92. The Morgan fingerprint density at radius 2 is 0.968 bits per heavy atom. The van der Waals surface area contributed by atoms with Crippen LogP contribution in [0.1, 0.15) is 79.0 Å². The van der Waals surface area contributed by atoms with E-state index in [4.69, 9.17) is 23.2 Å². The zero-order chi connectivity index (χ0) is 25.0. The molecule has 0 fully saturated rings. The SMILES string of the molecule is CC(C)(C)c1cc(C(C)(C)C)c(P(=C(Cl)Cl)=C([Si](C)(C)C)[Si](C)(C)C)c(C(C)(C)C)c1. The van der Waals surface area contributed by atoms with Gasteiger partial charge in [-0.2, -0.15) is 0 Å². The monoisotopic (exact) mass is 516 g/mol. The van der Waals surface area contributed by atoms with Gasteiger partial charge in [0.1, 0.15) is 4.21 Å². The normalized spacial score (nSPS) is 14.5. The molecular weight excluding hydrogens is 470 g/mol. The second kappa shape index (κ2) is 9.14. The van der Waals surface area contributed by atoms with E-state index in [9.17, 15) is 0 Å². The Bertz CT molecular complexity index is 862. The molecule has 1 atom stereocenters. The van der Waals surface area contributed by atoms with Crippen molar-refractivity contribution in [2.24, 2.45) is 0 Å². The quantitative estimate of drug-likeness (QED) is 0.277. The maximum absolute atomic E-state index is 6.89. The van der Waals surface area contributed by atoms with E-state index in [1.165, 1.54) is 22.0 Å². The van der Waals surface area contributed by atoms with E-state index in [1.54, 1.807) is 4.54 Å². The van der Waals surface area contributed by atoms with Gasteiger partial charge in [0.05, 0.1) is 16.1 Å². The molecule has 5 heteroatoms. The van der Waals surface area contributed by atoms with Gasteiger partial charge in [-0.3, -0.25) is 0 Å². The maximum Gasteiger partial charge on any atom is 0.128 e. The van der Waals surface area contributed by atoms with Crippen LogP contribution in [-0.4, -0.2) is 24.9 Å². The molecule has 0 bridgehead atoms. The van der Waals surface area contributed by atoms with Crippen LogP contribution < -0.4 is 5.30 Å². The van der Waals surface area contributed by atoms with E-state index < -0.39 is 23.3 Å². The summed E-state index contributed by atoms with van der Waals surface area (Å²) >= 11 is 13.8. The molecule has 31 heavy (non-hydrogen) atoms. The molecule has 0 radical (unpaired) electrons. The molecule has 0 N–H and O–H groups in total. The zero-order valence-electron chi connectivity index (χ0n) is 22.9. The second-order valence-electron chi connectivity index (χ2n) is 14.1. The average molecular weight is 518 g/mol. The van der Waals surface area contributed by atoms with E-state index in [-0.39, 0.29) is 16.2 Å².